The molecule has 0 aliphatic carbocycles. The Kier molecular flexibility index (Phi) is 4.39. The van der Waals surface area contributed by atoms with Crippen molar-refractivity contribution in [2.24, 2.45) is 0 Å². The summed E-state index contributed by atoms with van der Waals surface area (Å²) in [6, 6.07) is 5.25. The second-order valence-corrected chi connectivity index (χ2v) is 4.58. The summed E-state index contributed by atoms with van der Waals surface area (Å²) in [5, 5.41) is 4.43. The van der Waals surface area contributed by atoms with Gasteiger partial charge >= 0.3 is 0 Å². The van der Waals surface area contributed by atoms with E-state index in [-0.39, 0.29) is 6.10 Å². The molecule has 0 fully saturated rings. The van der Waals surface area contributed by atoms with Crippen molar-refractivity contribution in [2.75, 3.05) is 12.8 Å². The summed E-state index contributed by atoms with van der Waals surface area (Å²) < 4.78 is 10.6. The molecule has 0 radical (unpaired) electrons. The second kappa shape index (κ2) is 6.04. The number of ether oxygens (including phenoxy) is 1. The Morgan fingerprint density at radius 3 is 2.89 bits per heavy atom. The van der Waals surface area contributed by atoms with Crippen LogP contribution in [0, 0.1) is 0 Å². The van der Waals surface area contributed by atoms with Crippen LogP contribution in [0.25, 0.3) is 11.5 Å². The van der Waals surface area contributed by atoms with Gasteiger partial charge in [-0.1, -0.05) is 36.2 Å². The topological polar surface area (TPSA) is 74.2 Å². The highest BCUT2D eigenvalue weighted by molar-refractivity contribution is 6.33. The number of rotatable bonds is 5. The molecule has 1 atom stereocenters. The lowest BCUT2D eigenvalue weighted by Crippen LogP contribution is -2.03. The van der Waals surface area contributed by atoms with Gasteiger partial charge in [-0.05, 0) is 18.6 Å². The highest BCUT2D eigenvalue weighted by atomic mass is 35.5. The van der Waals surface area contributed by atoms with Crippen LogP contribution in [0.2, 0.25) is 5.02 Å². The smallest absolute Gasteiger partial charge is 0.261 e. The molecule has 5 nitrogen and oxygen atoms in total. The minimum Gasteiger partial charge on any atom is -0.398 e. The van der Waals surface area contributed by atoms with Crippen LogP contribution in [0.4, 0.5) is 5.69 Å². The number of halogens is 1. The first-order valence-electron chi connectivity index (χ1n) is 6.08. The molecule has 1 aromatic heterocycles. The van der Waals surface area contributed by atoms with Crippen molar-refractivity contribution in [1.29, 1.82) is 0 Å². The lowest BCUT2D eigenvalue weighted by Gasteiger charge is -2.08. The highest BCUT2D eigenvalue weighted by Gasteiger charge is 2.20. The van der Waals surface area contributed by atoms with E-state index in [1.165, 1.54) is 0 Å². The third-order valence-corrected chi connectivity index (χ3v) is 3.14. The SMILES string of the molecule is CCCC(OC)c1noc(-c2c(N)cccc2Cl)n1. The number of hydrogen-bond acceptors (Lipinski definition) is 5. The molecule has 0 aliphatic heterocycles. The predicted octanol–water partition coefficient (Wildman–Crippen LogP) is 3.46. The van der Waals surface area contributed by atoms with Gasteiger partial charge in [-0.2, -0.15) is 4.98 Å². The third kappa shape index (κ3) is 2.88. The van der Waals surface area contributed by atoms with Crippen LogP contribution in [0.3, 0.4) is 0 Å². The molecule has 2 N–H and O–H groups in total. The number of nitrogens with two attached hydrogens (primary N) is 1. The van der Waals surface area contributed by atoms with E-state index in [1.807, 2.05) is 0 Å². The monoisotopic (exact) mass is 281 g/mol. The molecular formula is C13H16ClN3O2. The fraction of sp³-hybridized carbons (Fsp3) is 0.385. The van der Waals surface area contributed by atoms with Gasteiger partial charge in [-0.15, -0.1) is 0 Å². The fourth-order valence-corrected chi connectivity index (χ4v) is 2.11. The summed E-state index contributed by atoms with van der Waals surface area (Å²) >= 11 is 6.11. The highest BCUT2D eigenvalue weighted by Crippen LogP contribution is 2.33. The molecule has 0 aliphatic rings. The lowest BCUT2D eigenvalue weighted by molar-refractivity contribution is 0.0854. The molecule has 1 heterocycles. The molecular weight excluding hydrogens is 266 g/mol. The van der Waals surface area contributed by atoms with Crippen molar-refractivity contribution in [3.05, 3.63) is 29.0 Å². The van der Waals surface area contributed by atoms with Gasteiger partial charge in [0, 0.05) is 12.8 Å². The van der Waals surface area contributed by atoms with E-state index in [9.17, 15) is 0 Å². The van der Waals surface area contributed by atoms with Crippen molar-refractivity contribution < 1.29 is 9.26 Å². The third-order valence-electron chi connectivity index (χ3n) is 2.82. The van der Waals surface area contributed by atoms with E-state index < -0.39 is 0 Å². The van der Waals surface area contributed by atoms with Gasteiger partial charge in [0.2, 0.25) is 5.82 Å². The Bertz CT molecular complexity index is 536. The van der Waals surface area contributed by atoms with Gasteiger partial charge in [0.1, 0.15) is 6.10 Å². The minimum absolute atomic E-state index is 0.175. The zero-order valence-electron chi connectivity index (χ0n) is 10.9. The average molecular weight is 282 g/mol. The van der Waals surface area contributed by atoms with E-state index in [4.69, 9.17) is 26.6 Å². The lowest BCUT2D eigenvalue weighted by atomic mass is 10.1. The van der Waals surface area contributed by atoms with Crippen LogP contribution >= 0.6 is 11.6 Å². The Labute approximate surface area is 116 Å². The van der Waals surface area contributed by atoms with Crippen LogP contribution in [0.5, 0.6) is 0 Å². The molecule has 2 aromatic rings. The first-order chi connectivity index (χ1) is 9.17. The van der Waals surface area contributed by atoms with Crippen molar-refractivity contribution in [1.82, 2.24) is 10.1 Å². The molecule has 6 heteroatoms. The van der Waals surface area contributed by atoms with Crippen molar-refractivity contribution in [2.45, 2.75) is 25.9 Å². The second-order valence-electron chi connectivity index (χ2n) is 4.17. The normalized spacial score (nSPS) is 12.6. The van der Waals surface area contributed by atoms with Crippen molar-refractivity contribution in [3.63, 3.8) is 0 Å². The number of hydrogen-bond donors (Lipinski definition) is 1. The predicted molar refractivity (Wildman–Crippen MR) is 73.8 cm³/mol. The Morgan fingerprint density at radius 2 is 2.26 bits per heavy atom. The van der Waals surface area contributed by atoms with Gasteiger partial charge in [0.15, 0.2) is 0 Å². The molecule has 0 bridgehead atoms. The number of anilines is 1. The van der Waals surface area contributed by atoms with Gasteiger partial charge in [-0.3, -0.25) is 0 Å². The largest absolute Gasteiger partial charge is 0.398 e. The van der Waals surface area contributed by atoms with Crippen LogP contribution in [-0.2, 0) is 4.74 Å². The van der Waals surface area contributed by atoms with Crippen LogP contribution in [-0.4, -0.2) is 17.3 Å². The van der Waals surface area contributed by atoms with Gasteiger partial charge in [0.05, 0.1) is 10.6 Å². The Morgan fingerprint density at radius 1 is 1.47 bits per heavy atom. The quantitative estimate of drug-likeness (QED) is 0.850. The van der Waals surface area contributed by atoms with E-state index in [0.29, 0.717) is 28.0 Å². The average Bonchev–Trinajstić information content (AvgIpc) is 2.85. The maximum absolute atomic E-state index is 6.11. The molecule has 2 rings (SSSR count). The number of methoxy groups -OCH3 is 1. The summed E-state index contributed by atoms with van der Waals surface area (Å²) in [6.07, 6.45) is 1.62. The van der Waals surface area contributed by atoms with Gasteiger partial charge < -0.3 is 15.0 Å². The van der Waals surface area contributed by atoms with E-state index >= 15 is 0 Å². The summed E-state index contributed by atoms with van der Waals surface area (Å²) in [7, 11) is 1.63. The first kappa shape index (κ1) is 13.8. The summed E-state index contributed by atoms with van der Waals surface area (Å²) in [6.45, 7) is 2.07. The zero-order valence-corrected chi connectivity index (χ0v) is 11.6. The molecule has 1 aromatic carbocycles. The number of nitrogens with zero attached hydrogens (tertiary/aromatic N) is 2. The van der Waals surface area contributed by atoms with Crippen LogP contribution in [0.1, 0.15) is 31.7 Å². The van der Waals surface area contributed by atoms with Crippen LogP contribution < -0.4 is 5.73 Å². The molecule has 1 unspecified atom stereocenters. The Balaban J connectivity index is 2.35. The van der Waals surface area contributed by atoms with E-state index in [2.05, 4.69) is 17.1 Å². The molecule has 102 valence electrons. The maximum atomic E-state index is 6.11. The minimum atomic E-state index is -0.175. The fourth-order valence-electron chi connectivity index (χ4n) is 1.85. The zero-order chi connectivity index (χ0) is 13.8. The number of nitrogen functional groups attached to an aromatic ring is 1. The van der Waals surface area contributed by atoms with E-state index in [0.717, 1.165) is 12.8 Å². The molecule has 0 amide bonds. The summed E-state index contributed by atoms with van der Waals surface area (Å²) in [5.41, 5.74) is 6.96. The van der Waals surface area contributed by atoms with Crippen LogP contribution in [0.15, 0.2) is 22.7 Å². The van der Waals surface area contributed by atoms with Crippen molar-refractivity contribution >= 4 is 17.3 Å². The van der Waals surface area contributed by atoms with Gasteiger partial charge in [0.25, 0.3) is 5.89 Å². The number of aromatic nitrogens is 2. The summed E-state index contributed by atoms with van der Waals surface area (Å²) in [4.78, 5) is 4.32. The maximum Gasteiger partial charge on any atom is 0.261 e. The molecule has 0 spiro atoms. The molecule has 19 heavy (non-hydrogen) atoms. The number of benzene rings is 1. The first-order valence-corrected chi connectivity index (χ1v) is 6.46. The standard InChI is InChI=1S/C13H16ClN3O2/c1-3-5-10(18-2)12-16-13(19-17-12)11-8(14)6-4-7-9(11)15/h4,6-7,10H,3,5,15H2,1-2H3. The molecule has 0 saturated heterocycles. The molecule has 0 saturated carbocycles. The van der Waals surface area contributed by atoms with E-state index in [1.54, 1.807) is 25.3 Å². The Hall–Kier alpha value is -1.59. The van der Waals surface area contributed by atoms with Crippen molar-refractivity contribution in [3.8, 4) is 11.5 Å². The summed E-state index contributed by atoms with van der Waals surface area (Å²) in [5.74, 6) is 0.829. The van der Waals surface area contributed by atoms with Gasteiger partial charge in [-0.25, -0.2) is 0 Å².